The number of halogens is 6. The quantitative estimate of drug-likeness (QED) is 0.230. The Morgan fingerprint density at radius 1 is 1.19 bits per heavy atom. The molecule has 3 N–H and O–H groups in total. The van der Waals surface area contributed by atoms with Crippen molar-refractivity contribution < 1.29 is 40.7 Å². The molecule has 2 aliphatic rings. The van der Waals surface area contributed by atoms with Gasteiger partial charge in [0, 0.05) is 49.6 Å². The van der Waals surface area contributed by atoms with E-state index in [2.05, 4.69) is 15.4 Å². The lowest BCUT2D eigenvalue weighted by atomic mass is 9.91. The second kappa shape index (κ2) is 12.0. The number of fused-ring (bicyclic) bond motifs is 1. The number of carbonyl (C=O) groups excluding carboxylic acids is 2. The zero-order chi connectivity index (χ0) is 34.7. The highest BCUT2D eigenvalue weighted by molar-refractivity contribution is 6.05. The average Bonchev–Trinajstić information content (AvgIpc) is 3.63. The Balaban J connectivity index is 1.37. The van der Waals surface area contributed by atoms with Crippen LogP contribution in [0.3, 0.4) is 0 Å². The van der Waals surface area contributed by atoms with Gasteiger partial charge in [0.1, 0.15) is 45.5 Å². The fourth-order valence-corrected chi connectivity index (χ4v) is 6.27. The van der Waals surface area contributed by atoms with Crippen LogP contribution in [0, 0.1) is 11.2 Å². The van der Waals surface area contributed by atoms with Gasteiger partial charge in [0.2, 0.25) is 5.91 Å². The third-order valence-corrected chi connectivity index (χ3v) is 9.03. The summed E-state index contributed by atoms with van der Waals surface area (Å²) < 4.78 is 91.1. The number of ether oxygens (including phenoxy) is 1. The number of piperidine rings is 1. The molecule has 0 unspecified atom stereocenters. The fraction of sp³-hybridized carbons (Fsp3) is 0.452. The number of nitrogens with zero attached hydrogens (tertiary/aromatic N) is 6. The number of nitrogens with one attached hydrogen (secondary N) is 1. The number of rotatable bonds is 8. The molecule has 1 aliphatic heterocycles. The van der Waals surface area contributed by atoms with E-state index in [1.807, 2.05) is 6.92 Å². The van der Waals surface area contributed by atoms with Crippen molar-refractivity contribution in [1.82, 2.24) is 29.0 Å². The van der Waals surface area contributed by atoms with Crippen LogP contribution in [-0.4, -0.2) is 66.5 Å². The molecule has 256 valence electrons. The Kier molecular flexibility index (Phi) is 8.27. The molecule has 0 radical (unpaired) electrons. The van der Waals surface area contributed by atoms with Crippen molar-refractivity contribution in [2.75, 3.05) is 24.2 Å². The van der Waals surface area contributed by atoms with Gasteiger partial charge < -0.3 is 20.7 Å². The maximum absolute atomic E-state index is 15.7. The number of aryl methyl sites for hydroxylation is 1. The van der Waals surface area contributed by atoms with Gasteiger partial charge in [-0.1, -0.05) is 0 Å². The van der Waals surface area contributed by atoms with Gasteiger partial charge in [0.15, 0.2) is 5.82 Å². The zero-order valence-corrected chi connectivity index (χ0v) is 26.1. The van der Waals surface area contributed by atoms with Crippen molar-refractivity contribution in [3.8, 4) is 17.0 Å². The van der Waals surface area contributed by atoms with Crippen molar-refractivity contribution in [2.45, 2.75) is 64.1 Å². The number of carbonyl (C=O) groups is 2. The summed E-state index contributed by atoms with van der Waals surface area (Å²) in [6.45, 7) is 3.70. The van der Waals surface area contributed by atoms with Crippen LogP contribution < -0.4 is 15.8 Å². The molecule has 1 saturated carbocycles. The van der Waals surface area contributed by atoms with Crippen LogP contribution >= 0.6 is 0 Å². The largest absolute Gasteiger partial charge is 0.493 e. The van der Waals surface area contributed by atoms with E-state index in [0.717, 1.165) is 19.2 Å². The zero-order valence-electron chi connectivity index (χ0n) is 26.1. The highest BCUT2D eigenvalue weighted by atomic mass is 19.4. The van der Waals surface area contributed by atoms with Crippen LogP contribution in [0.1, 0.15) is 67.3 Å². The van der Waals surface area contributed by atoms with E-state index in [1.165, 1.54) is 11.1 Å². The van der Waals surface area contributed by atoms with Crippen molar-refractivity contribution in [3.05, 3.63) is 53.5 Å². The molecule has 2 fully saturated rings. The van der Waals surface area contributed by atoms with E-state index in [4.69, 9.17) is 15.5 Å². The third-order valence-electron chi connectivity index (χ3n) is 9.03. The summed E-state index contributed by atoms with van der Waals surface area (Å²) in [7, 11) is 1.06. The minimum absolute atomic E-state index is 0.0255. The molecule has 1 aromatic carbocycles. The number of imidazole rings is 1. The van der Waals surface area contributed by atoms with Gasteiger partial charge in [-0.3, -0.25) is 18.7 Å². The number of nitrogens with two attached hydrogens (primary N) is 1. The smallest absolute Gasteiger partial charge is 0.433 e. The van der Waals surface area contributed by atoms with Gasteiger partial charge in [-0.15, -0.1) is 0 Å². The summed E-state index contributed by atoms with van der Waals surface area (Å²) in [6.07, 6.45) is -3.08. The van der Waals surface area contributed by atoms with Crippen LogP contribution in [0.5, 0.6) is 5.75 Å². The van der Waals surface area contributed by atoms with E-state index in [9.17, 15) is 31.5 Å². The average molecular weight is 679 g/mol. The molecule has 0 bridgehead atoms. The lowest BCUT2D eigenvalue weighted by Crippen LogP contribution is -2.49. The summed E-state index contributed by atoms with van der Waals surface area (Å²) in [5.74, 6) is -3.00. The molecule has 11 nitrogen and oxygen atoms in total. The Labute approximate surface area is 270 Å². The van der Waals surface area contributed by atoms with Crippen molar-refractivity contribution in [3.63, 3.8) is 0 Å². The number of amides is 2. The van der Waals surface area contributed by atoms with Gasteiger partial charge in [-0.2, -0.15) is 18.3 Å². The predicted molar refractivity (Wildman–Crippen MR) is 161 cm³/mol. The fourth-order valence-electron chi connectivity index (χ4n) is 6.27. The normalized spacial score (nSPS) is 19.2. The summed E-state index contributed by atoms with van der Waals surface area (Å²) in [6, 6.07) is 2.49. The summed E-state index contributed by atoms with van der Waals surface area (Å²) in [5.41, 5.74) is 3.56. The molecule has 2 atom stereocenters. The Hall–Kier alpha value is -4.83. The first-order valence-corrected chi connectivity index (χ1v) is 15.3. The summed E-state index contributed by atoms with van der Waals surface area (Å²) in [4.78, 5) is 36.9. The molecule has 48 heavy (non-hydrogen) atoms. The van der Waals surface area contributed by atoms with Crippen LogP contribution in [-0.2, 0) is 18.0 Å². The first-order valence-electron chi connectivity index (χ1n) is 15.3. The molecule has 4 heterocycles. The molecule has 6 rings (SSSR count). The number of anilines is 2. The van der Waals surface area contributed by atoms with E-state index in [1.54, 1.807) is 17.5 Å². The molecule has 3 aromatic heterocycles. The highest BCUT2D eigenvalue weighted by Gasteiger charge is 2.59. The molecular formula is C31H32F6N8O3. The number of benzene rings is 1. The number of hydrogen-bond donors (Lipinski definition) is 2. The first kappa shape index (κ1) is 33.1. The monoisotopic (exact) mass is 678 g/mol. The molecule has 0 spiro atoms. The van der Waals surface area contributed by atoms with Gasteiger partial charge in [-0.05, 0) is 51.7 Å². The number of nitrogen functional groups attached to an aromatic ring is 1. The molecule has 17 heteroatoms. The predicted octanol–water partition coefficient (Wildman–Crippen LogP) is 5.66. The second-order valence-electron chi connectivity index (χ2n) is 12.1. The third kappa shape index (κ3) is 5.68. The molecule has 4 aromatic rings. The van der Waals surface area contributed by atoms with Crippen molar-refractivity contribution >= 4 is 29.0 Å². The molecule has 1 aliphatic carbocycles. The molecule has 2 amide bonds. The maximum atomic E-state index is 15.7. The Morgan fingerprint density at radius 2 is 1.92 bits per heavy atom. The standard InChI is InChI=1S/C31H32F6N8O3/c1-4-48-20-12-17(27(46)40-22-13-21(31(35,36)37)43(3)42-22)19(32)11-18(20)23-24-25(38)39-9-10-44(24)26(41-23)16-6-5-15(2)45(14-16)29(47)30(7-8-30)28(33)34/h9-13,15-16,28H,4-8,14H2,1-3H3,(H2,38,39)(H,40,42,46)/t15-,16-/m1/s1. The molecular weight excluding hydrogens is 646 g/mol. The minimum atomic E-state index is -4.72. The van der Waals surface area contributed by atoms with Gasteiger partial charge in [0.05, 0.1) is 12.2 Å². The van der Waals surface area contributed by atoms with Crippen molar-refractivity contribution in [1.29, 1.82) is 0 Å². The topological polar surface area (TPSA) is 133 Å². The second-order valence-corrected chi connectivity index (χ2v) is 12.1. The maximum Gasteiger partial charge on any atom is 0.433 e. The van der Waals surface area contributed by atoms with E-state index < -0.39 is 58.6 Å². The number of alkyl halides is 5. The number of aromatic nitrogens is 5. The minimum Gasteiger partial charge on any atom is -0.493 e. The van der Waals surface area contributed by atoms with Crippen LogP contribution in [0.2, 0.25) is 0 Å². The molecule has 1 saturated heterocycles. The van der Waals surface area contributed by atoms with Gasteiger partial charge in [-0.25, -0.2) is 23.1 Å². The Bertz CT molecular complexity index is 1900. The summed E-state index contributed by atoms with van der Waals surface area (Å²) >= 11 is 0. The van der Waals surface area contributed by atoms with Crippen LogP contribution in [0.25, 0.3) is 16.8 Å². The highest BCUT2D eigenvalue weighted by Crippen LogP contribution is 2.53. The van der Waals surface area contributed by atoms with E-state index in [0.29, 0.717) is 34.9 Å². The number of hydrogen-bond acceptors (Lipinski definition) is 7. The van der Waals surface area contributed by atoms with Gasteiger partial charge in [0.25, 0.3) is 12.3 Å². The summed E-state index contributed by atoms with van der Waals surface area (Å²) in [5, 5.41) is 5.84. The Morgan fingerprint density at radius 3 is 2.54 bits per heavy atom. The first-order chi connectivity index (χ1) is 22.7. The van der Waals surface area contributed by atoms with Crippen LogP contribution in [0.4, 0.5) is 38.0 Å². The lowest BCUT2D eigenvalue weighted by Gasteiger charge is -2.39. The van der Waals surface area contributed by atoms with Crippen molar-refractivity contribution in [2.24, 2.45) is 12.5 Å². The van der Waals surface area contributed by atoms with E-state index >= 15 is 4.39 Å². The number of likely N-dealkylation sites (tertiary alicyclic amines) is 1. The lowest BCUT2D eigenvalue weighted by molar-refractivity contribution is -0.147. The van der Waals surface area contributed by atoms with E-state index in [-0.39, 0.29) is 54.9 Å². The van der Waals surface area contributed by atoms with Gasteiger partial charge >= 0.3 is 6.18 Å². The van der Waals surface area contributed by atoms with Crippen LogP contribution in [0.15, 0.2) is 30.6 Å². The SMILES string of the molecule is CCOc1cc(C(=O)Nc2cc(C(F)(F)F)n(C)n2)c(F)cc1-c1nc([C@@H]2CC[C@@H](C)N(C(=O)C3(C(F)F)CC3)C2)n2ccnc(N)c12.